The average molecular weight is 284 g/mol. The van der Waals surface area contributed by atoms with E-state index in [4.69, 9.17) is 9.47 Å². The summed E-state index contributed by atoms with van der Waals surface area (Å²) < 4.78 is 10.7. The Hall–Kier alpha value is -2.82. The molecule has 0 aliphatic heterocycles. The third-order valence-corrected chi connectivity index (χ3v) is 2.69. The van der Waals surface area contributed by atoms with E-state index < -0.39 is 0 Å². The standard InChI is InChI=1S/C16H16N2O3/c1-3-10-21-13-8-7-12(11-14(13)20-2)16(19)18-15-6-4-5-9-17-15/h3-9,11H,1,10H2,2H3,(H,17,18,19). The molecule has 0 saturated heterocycles. The van der Waals surface area contributed by atoms with E-state index in [9.17, 15) is 4.79 Å². The van der Waals surface area contributed by atoms with Gasteiger partial charge in [0.2, 0.25) is 0 Å². The van der Waals surface area contributed by atoms with Crippen LogP contribution in [-0.2, 0) is 0 Å². The van der Waals surface area contributed by atoms with Crippen molar-refractivity contribution in [3.05, 3.63) is 60.8 Å². The Morgan fingerprint density at radius 1 is 1.33 bits per heavy atom. The third-order valence-electron chi connectivity index (χ3n) is 2.69. The Morgan fingerprint density at radius 3 is 2.86 bits per heavy atom. The molecule has 0 radical (unpaired) electrons. The van der Waals surface area contributed by atoms with Gasteiger partial charge in [0.25, 0.3) is 5.91 Å². The molecular weight excluding hydrogens is 268 g/mol. The number of hydrogen-bond acceptors (Lipinski definition) is 4. The molecule has 1 aromatic heterocycles. The van der Waals surface area contributed by atoms with E-state index in [2.05, 4.69) is 16.9 Å². The molecule has 0 unspecified atom stereocenters. The number of carbonyl (C=O) groups is 1. The second kappa shape index (κ2) is 7.09. The van der Waals surface area contributed by atoms with Crippen LogP contribution < -0.4 is 14.8 Å². The fourth-order valence-electron chi connectivity index (χ4n) is 1.70. The number of methoxy groups -OCH3 is 1. The van der Waals surface area contributed by atoms with Crippen molar-refractivity contribution < 1.29 is 14.3 Å². The largest absolute Gasteiger partial charge is 0.493 e. The Balaban J connectivity index is 2.16. The van der Waals surface area contributed by atoms with Crippen LogP contribution in [0.5, 0.6) is 11.5 Å². The Morgan fingerprint density at radius 2 is 2.19 bits per heavy atom. The lowest BCUT2D eigenvalue weighted by molar-refractivity contribution is 0.102. The summed E-state index contributed by atoms with van der Waals surface area (Å²) in [4.78, 5) is 16.2. The van der Waals surface area contributed by atoms with Gasteiger partial charge in [0.15, 0.2) is 11.5 Å². The molecule has 0 bridgehead atoms. The lowest BCUT2D eigenvalue weighted by atomic mass is 10.2. The molecule has 0 saturated carbocycles. The summed E-state index contributed by atoms with van der Waals surface area (Å²) in [6.45, 7) is 3.96. The van der Waals surface area contributed by atoms with Gasteiger partial charge in [-0.3, -0.25) is 4.79 Å². The number of carbonyl (C=O) groups excluding carboxylic acids is 1. The summed E-state index contributed by atoms with van der Waals surface area (Å²) in [5.41, 5.74) is 0.462. The second-order valence-electron chi connectivity index (χ2n) is 4.13. The number of anilines is 1. The number of ether oxygens (including phenoxy) is 2. The number of nitrogens with zero attached hydrogens (tertiary/aromatic N) is 1. The van der Waals surface area contributed by atoms with Crippen LogP contribution >= 0.6 is 0 Å². The minimum Gasteiger partial charge on any atom is -0.493 e. The molecule has 0 aliphatic rings. The van der Waals surface area contributed by atoms with Gasteiger partial charge in [-0.05, 0) is 30.3 Å². The molecule has 5 heteroatoms. The molecule has 0 aliphatic carbocycles. The number of amides is 1. The summed E-state index contributed by atoms with van der Waals surface area (Å²) in [6, 6.07) is 10.3. The van der Waals surface area contributed by atoms with Crippen molar-refractivity contribution in [2.75, 3.05) is 19.0 Å². The van der Waals surface area contributed by atoms with Gasteiger partial charge in [0, 0.05) is 11.8 Å². The summed E-state index contributed by atoms with van der Waals surface area (Å²) in [6.07, 6.45) is 3.25. The summed E-state index contributed by atoms with van der Waals surface area (Å²) in [5.74, 6) is 1.29. The fourth-order valence-corrected chi connectivity index (χ4v) is 1.70. The number of pyridine rings is 1. The van der Waals surface area contributed by atoms with Gasteiger partial charge in [-0.15, -0.1) is 0 Å². The molecule has 0 atom stereocenters. The number of hydrogen-bond donors (Lipinski definition) is 1. The van der Waals surface area contributed by atoms with Gasteiger partial charge in [-0.25, -0.2) is 4.98 Å². The van der Waals surface area contributed by atoms with Crippen molar-refractivity contribution in [2.45, 2.75) is 0 Å². The first-order valence-electron chi connectivity index (χ1n) is 6.38. The highest BCUT2D eigenvalue weighted by molar-refractivity contribution is 6.04. The Kier molecular flexibility index (Phi) is 4.93. The van der Waals surface area contributed by atoms with Crippen molar-refractivity contribution >= 4 is 11.7 Å². The molecular formula is C16H16N2O3. The molecule has 1 amide bonds. The maximum absolute atomic E-state index is 12.1. The predicted octanol–water partition coefficient (Wildman–Crippen LogP) is 2.91. The quantitative estimate of drug-likeness (QED) is 0.829. The summed E-state index contributed by atoms with van der Waals surface area (Å²) >= 11 is 0. The van der Waals surface area contributed by atoms with Crippen molar-refractivity contribution in [3.8, 4) is 11.5 Å². The third kappa shape index (κ3) is 3.82. The van der Waals surface area contributed by atoms with Gasteiger partial charge >= 0.3 is 0 Å². The summed E-state index contributed by atoms with van der Waals surface area (Å²) in [5, 5.41) is 2.71. The van der Waals surface area contributed by atoms with E-state index in [-0.39, 0.29) is 5.91 Å². The highest BCUT2D eigenvalue weighted by Gasteiger charge is 2.11. The molecule has 1 heterocycles. The van der Waals surface area contributed by atoms with Gasteiger partial charge in [-0.2, -0.15) is 0 Å². The highest BCUT2D eigenvalue weighted by atomic mass is 16.5. The number of rotatable bonds is 6. The molecule has 1 N–H and O–H groups in total. The first-order valence-corrected chi connectivity index (χ1v) is 6.38. The Bertz CT molecular complexity index is 627. The minimum atomic E-state index is -0.262. The zero-order valence-corrected chi connectivity index (χ0v) is 11.7. The molecule has 0 fully saturated rings. The van der Waals surface area contributed by atoms with Crippen molar-refractivity contribution in [2.24, 2.45) is 0 Å². The van der Waals surface area contributed by atoms with Crippen LogP contribution in [-0.4, -0.2) is 24.6 Å². The maximum Gasteiger partial charge on any atom is 0.256 e. The predicted molar refractivity (Wildman–Crippen MR) is 80.9 cm³/mol. The monoisotopic (exact) mass is 284 g/mol. The van der Waals surface area contributed by atoms with Crippen molar-refractivity contribution in [1.29, 1.82) is 0 Å². The fraction of sp³-hybridized carbons (Fsp3) is 0.125. The van der Waals surface area contributed by atoms with Gasteiger partial charge in [-0.1, -0.05) is 18.7 Å². The van der Waals surface area contributed by atoms with Crippen LogP contribution in [0.2, 0.25) is 0 Å². The maximum atomic E-state index is 12.1. The molecule has 5 nitrogen and oxygen atoms in total. The van der Waals surface area contributed by atoms with E-state index in [1.807, 2.05) is 0 Å². The van der Waals surface area contributed by atoms with Crippen LogP contribution in [0.3, 0.4) is 0 Å². The first kappa shape index (κ1) is 14.6. The highest BCUT2D eigenvalue weighted by Crippen LogP contribution is 2.28. The first-order chi connectivity index (χ1) is 10.2. The van der Waals surface area contributed by atoms with E-state index in [1.165, 1.54) is 7.11 Å². The topological polar surface area (TPSA) is 60.5 Å². The van der Waals surface area contributed by atoms with Crippen LogP contribution in [0.15, 0.2) is 55.3 Å². The van der Waals surface area contributed by atoms with E-state index >= 15 is 0 Å². The van der Waals surface area contributed by atoms with Gasteiger partial charge in [0.1, 0.15) is 12.4 Å². The lowest BCUT2D eigenvalue weighted by Gasteiger charge is -2.11. The van der Waals surface area contributed by atoms with E-state index in [0.717, 1.165) is 0 Å². The lowest BCUT2D eigenvalue weighted by Crippen LogP contribution is -2.13. The summed E-state index contributed by atoms with van der Waals surface area (Å²) in [7, 11) is 1.52. The van der Waals surface area contributed by atoms with Gasteiger partial charge < -0.3 is 14.8 Å². The SMILES string of the molecule is C=CCOc1ccc(C(=O)Nc2ccccn2)cc1OC. The molecule has 0 spiro atoms. The smallest absolute Gasteiger partial charge is 0.256 e. The molecule has 21 heavy (non-hydrogen) atoms. The zero-order chi connectivity index (χ0) is 15.1. The molecule has 108 valence electrons. The second-order valence-corrected chi connectivity index (χ2v) is 4.13. The average Bonchev–Trinajstić information content (AvgIpc) is 2.53. The van der Waals surface area contributed by atoms with E-state index in [0.29, 0.717) is 29.5 Å². The van der Waals surface area contributed by atoms with Crippen LogP contribution in [0.1, 0.15) is 10.4 Å². The number of nitrogens with one attached hydrogen (secondary N) is 1. The van der Waals surface area contributed by atoms with Gasteiger partial charge in [0.05, 0.1) is 7.11 Å². The van der Waals surface area contributed by atoms with Crippen LogP contribution in [0.4, 0.5) is 5.82 Å². The normalized spacial score (nSPS) is 9.76. The van der Waals surface area contributed by atoms with Crippen LogP contribution in [0, 0.1) is 0 Å². The van der Waals surface area contributed by atoms with E-state index in [1.54, 1.807) is 48.7 Å². The van der Waals surface area contributed by atoms with Crippen molar-refractivity contribution in [3.63, 3.8) is 0 Å². The zero-order valence-electron chi connectivity index (χ0n) is 11.7. The minimum absolute atomic E-state index is 0.262. The number of aromatic nitrogens is 1. The van der Waals surface area contributed by atoms with Crippen LogP contribution in [0.25, 0.3) is 0 Å². The van der Waals surface area contributed by atoms with Crippen molar-refractivity contribution in [1.82, 2.24) is 4.98 Å². The molecule has 2 aromatic rings. The Labute approximate surface area is 123 Å². The molecule has 2 rings (SSSR count). The molecule has 1 aromatic carbocycles. The number of benzene rings is 1.